The van der Waals surface area contributed by atoms with E-state index in [1.807, 2.05) is 19.1 Å². The number of benzene rings is 2. The number of amides is 1. The maximum Gasteiger partial charge on any atom is 0.231 e. The molecule has 1 aliphatic rings. The van der Waals surface area contributed by atoms with Gasteiger partial charge in [-0.1, -0.05) is 6.07 Å². The van der Waals surface area contributed by atoms with Crippen LogP contribution in [0.25, 0.3) is 0 Å². The van der Waals surface area contributed by atoms with Crippen LogP contribution in [0.5, 0.6) is 11.5 Å². The molecule has 25 heavy (non-hydrogen) atoms. The van der Waals surface area contributed by atoms with Gasteiger partial charge in [0.1, 0.15) is 5.82 Å². The summed E-state index contributed by atoms with van der Waals surface area (Å²) in [6, 6.07) is 10.2. The molecule has 1 aliphatic heterocycles. The maximum atomic E-state index is 13.5. The van der Waals surface area contributed by atoms with Crippen molar-refractivity contribution < 1.29 is 18.7 Å². The molecule has 1 amide bonds. The van der Waals surface area contributed by atoms with Crippen LogP contribution < -0.4 is 14.4 Å². The Hall–Kier alpha value is -2.56. The number of anilines is 1. The van der Waals surface area contributed by atoms with E-state index in [4.69, 9.17) is 9.47 Å². The van der Waals surface area contributed by atoms with Gasteiger partial charge in [0, 0.05) is 11.7 Å². The summed E-state index contributed by atoms with van der Waals surface area (Å²) in [7, 11) is 3.15. The molecule has 0 saturated heterocycles. The van der Waals surface area contributed by atoms with E-state index in [0.29, 0.717) is 11.5 Å². The Labute approximate surface area is 147 Å². The van der Waals surface area contributed by atoms with E-state index in [1.165, 1.54) is 12.1 Å². The fourth-order valence-electron chi connectivity index (χ4n) is 3.35. The fourth-order valence-corrected chi connectivity index (χ4v) is 3.35. The molecule has 0 radical (unpaired) electrons. The molecular weight excluding hydrogens is 321 g/mol. The van der Waals surface area contributed by atoms with Gasteiger partial charge in [0.2, 0.25) is 5.91 Å². The van der Waals surface area contributed by atoms with E-state index in [1.54, 1.807) is 31.3 Å². The van der Waals surface area contributed by atoms with Crippen molar-refractivity contribution >= 4 is 11.6 Å². The first kappa shape index (κ1) is 17.3. The van der Waals surface area contributed by atoms with E-state index < -0.39 is 0 Å². The molecule has 132 valence electrons. The molecule has 0 bridgehead atoms. The summed E-state index contributed by atoms with van der Waals surface area (Å²) in [6.07, 6.45) is 1.87. The van der Waals surface area contributed by atoms with Gasteiger partial charge in [-0.15, -0.1) is 0 Å². The Bertz CT molecular complexity index is 791. The second kappa shape index (κ2) is 7.13. The van der Waals surface area contributed by atoms with Gasteiger partial charge in [0.25, 0.3) is 0 Å². The van der Waals surface area contributed by atoms with Crippen molar-refractivity contribution in [1.29, 1.82) is 0 Å². The lowest BCUT2D eigenvalue weighted by atomic mass is 9.95. The topological polar surface area (TPSA) is 38.8 Å². The normalized spacial score (nSPS) is 16.3. The van der Waals surface area contributed by atoms with E-state index in [2.05, 4.69) is 0 Å². The van der Waals surface area contributed by atoms with Crippen LogP contribution in [0.1, 0.15) is 24.5 Å². The van der Waals surface area contributed by atoms with Crippen molar-refractivity contribution in [2.24, 2.45) is 0 Å². The monoisotopic (exact) mass is 343 g/mol. The maximum absolute atomic E-state index is 13.5. The molecule has 0 unspecified atom stereocenters. The molecular formula is C20H22FNO3. The highest BCUT2D eigenvalue weighted by Gasteiger charge is 2.28. The lowest BCUT2D eigenvalue weighted by Gasteiger charge is -2.35. The number of aryl methyl sites for hydroxylation is 1. The number of ether oxygens (including phenoxy) is 2. The molecule has 2 aromatic carbocycles. The third-order valence-corrected chi connectivity index (χ3v) is 4.65. The van der Waals surface area contributed by atoms with Gasteiger partial charge >= 0.3 is 0 Å². The van der Waals surface area contributed by atoms with Gasteiger partial charge in [-0.3, -0.25) is 4.79 Å². The largest absolute Gasteiger partial charge is 0.493 e. The first-order valence-electron chi connectivity index (χ1n) is 8.35. The van der Waals surface area contributed by atoms with Gasteiger partial charge in [0.15, 0.2) is 11.5 Å². The Kier molecular flexibility index (Phi) is 4.93. The Morgan fingerprint density at radius 1 is 1.16 bits per heavy atom. The summed E-state index contributed by atoms with van der Waals surface area (Å²) in [5.41, 5.74) is 2.55. The molecule has 0 saturated carbocycles. The van der Waals surface area contributed by atoms with Gasteiger partial charge in [-0.25, -0.2) is 4.39 Å². The minimum atomic E-state index is -0.263. The standard InChI is InChI=1S/C20H22FNO3/c1-13-4-6-15-12-16(21)7-8-17(15)22(13)20(23)11-14-5-9-18(24-2)19(10-14)25-3/h5,7-10,12-13H,4,6,11H2,1-3H3/t13-/m0/s1. The molecule has 1 atom stereocenters. The zero-order chi connectivity index (χ0) is 18.0. The molecule has 0 spiro atoms. The number of fused-ring (bicyclic) bond motifs is 1. The van der Waals surface area contributed by atoms with Gasteiger partial charge in [0.05, 0.1) is 20.6 Å². The van der Waals surface area contributed by atoms with E-state index in [0.717, 1.165) is 29.7 Å². The second-order valence-corrected chi connectivity index (χ2v) is 6.29. The van der Waals surface area contributed by atoms with Crippen LogP contribution in [0, 0.1) is 5.82 Å². The number of methoxy groups -OCH3 is 2. The molecule has 2 aromatic rings. The predicted molar refractivity (Wildman–Crippen MR) is 94.9 cm³/mol. The average molecular weight is 343 g/mol. The Morgan fingerprint density at radius 3 is 2.64 bits per heavy atom. The third kappa shape index (κ3) is 3.45. The van der Waals surface area contributed by atoms with E-state index in [9.17, 15) is 9.18 Å². The van der Waals surface area contributed by atoms with Crippen LogP contribution >= 0.6 is 0 Å². The SMILES string of the molecule is COc1ccc(CC(=O)N2c3ccc(F)cc3CC[C@@H]2C)cc1OC. The van der Waals surface area contributed by atoms with E-state index in [-0.39, 0.29) is 24.2 Å². The molecule has 0 aliphatic carbocycles. The number of halogens is 1. The zero-order valence-corrected chi connectivity index (χ0v) is 14.7. The minimum Gasteiger partial charge on any atom is -0.493 e. The zero-order valence-electron chi connectivity index (χ0n) is 14.7. The number of carbonyl (C=O) groups excluding carboxylic acids is 1. The molecule has 0 fully saturated rings. The number of nitrogens with zero attached hydrogens (tertiary/aromatic N) is 1. The van der Waals surface area contributed by atoms with Crippen LogP contribution in [-0.4, -0.2) is 26.2 Å². The van der Waals surface area contributed by atoms with Gasteiger partial charge < -0.3 is 14.4 Å². The predicted octanol–water partition coefficient (Wildman–Crippen LogP) is 3.75. The first-order valence-corrected chi connectivity index (χ1v) is 8.35. The Morgan fingerprint density at radius 2 is 1.92 bits per heavy atom. The van der Waals surface area contributed by atoms with Crippen molar-refractivity contribution in [3.8, 4) is 11.5 Å². The van der Waals surface area contributed by atoms with E-state index >= 15 is 0 Å². The minimum absolute atomic E-state index is 0.00715. The summed E-state index contributed by atoms with van der Waals surface area (Å²) in [6.45, 7) is 2.03. The summed E-state index contributed by atoms with van der Waals surface area (Å²) in [4.78, 5) is 14.7. The third-order valence-electron chi connectivity index (χ3n) is 4.65. The number of carbonyl (C=O) groups is 1. The second-order valence-electron chi connectivity index (χ2n) is 6.29. The number of hydrogen-bond donors (Lipinski definition) is 0. The summed E-state index contributed by atoms with van der Waals surface area (Å²) in [5, 5.41) is 0. The molecule has 0 N–H and O–H groups in total. The molecule has 1 heterocycles. The van der Waals surface area contributed by atoms with Gasteiger partial charge in [-0.05, 0) is 61.2 Å². The van der Waals surface area contributed by atoms with Crippen LogP contribution in [0.3, 0.4) is 0 Å². The molecule has 0 aromatic heterocycles. The van der Waals surface area contributed by atoms with Gasteiger partial charge in [-0.2, -0.15) is 0 Å². The van der Waals surface area contributed by atoms with Crippen molar-refractivity contribution in [1.82, 2.24) is 0 Å². The first-order chi connectivity index (χ1) is 12.0. The fraction of sp³-hybridized carbons (Fsp3) is 0.350. The lowest BCUT2D eigenvalue weighted by Crippen LogP contribution is -2.43. The van der Waals surface area contributed by atoms with Crippen LogP contribution in [0.15, 0.2) is 36.4 Å². The van der Waals surface area contributed by atoms with Crippen molar-refractivity contribution in [2.45, 2.75) is 32.2 Å². The summed E-state index contributed by atoms with van der Waals surface area (Å²) in [5.74, 6) is 0.959. The highest BCUT2D eigenvalue weighted by Crippen LogP contribution is 2.33. The average Bonchev–Trinajstić information content (AvgIpc) is 2.61. The van der Waals surface area contributed by atoms with Crippen LogP contribution in [0.4, 0.5) is 10.1 Å². The molecule has 4 nitrogen and oxygen atoms in total. The van der Waals surface area contributed by atoms with Crippen molar-refractivity contribution in [2.75, 3.05) is 19.1 Å². The Balaban J connectivity index is 1.86. The summed E-state index contributed by atoms with van der Waals surface area (Å²) >= 11 is 0. The van der Waals surface area contributed by atoms with Crippen molar-refractivity contribution in [3.63, 3.8) is 0 Å². The number of rotatable bonds is 4. The van der Waals surface area contributed by atoms with Crippen LogP contribution in [-0.2, 0) is 17.6 Å². The summed E-state index contributed by atoms with van der Waals surface area (Å²) < 4.78 is 24.0. The molecule has 3 rings (SSSR count). The lowest BCUT2D eigenvalue weighted by molar-refractivity contribution is -0.118. The molecule has 5 heteroatoms. The quantitative estimate of drug-likeness (QED) is 0.849. The van der Waals surface area contributed by atoms with Crippen LogP contribution in [0.2, 0.25) is 0 Å². The number of hydrogen-bond acceptors (Lipinski definition) is 3. The highest BCUT2D eigenvalue weighted by molar-refractivity contribution is 5.96. The smallest absolute Gasteiger partial charge is 0.231 e. The highest BCUT2D eigenvalue weighted by atomic mass is 19.1. The van der Waals surface area contributed by atoms with Crippen molar-refractivity contribution in [3.05, 3.63) is 53.3 Å².